The van der Waals surface area contributed by atoms with Crippen molar-refractivity contribution in [2.24, 2.45) is 0 Å². The minimum atomic E-state index is -0.963. The molecule has 0 aliphatic carbocycles. The van der Waals surface area contributed by atoms with Crippen LogP contribution in [0.25, 0.3) is 11.1 Å². The second-order valence-electron chi connectivity index (χ2n) is 4.42. The van der Waals surface area contributed by atoms with Gasteiger partial charge in [-0.3, -0.25) is 9.59 Å². The van der Waals surface area contributed by atoms with Crippen molar-refractivity contribution in [3.63, 3.8) is 0 Å². The van der Waals surface area contributed by atoms with Gasteiger partial charge in [-0.1, -0.05) is 0 Å². The molecule has 19 heavy (non-hydrogen) atoms. The van der Waals surface area contributed by atoms with Gasteiger partial charge in [-0.25, -0.2) is 4.98 Å². The quantitative estimate of drug-likeness (QED) is 0.875. The number of nitrogens with one attached hydrogen (secondary N) is 1. The van der Waals surface area contributed by atoms with Gasteiger partial charge < -0.3 is 14.8 Å². The highest BCUT2D eigenvalue weighted by Gasteiger charge is 2.16. The lowest BCUT2D eigenvalue weighted by atomic mass is 10.2. The molecule has 2 heterocycles. The Bertz CT molecular complexity index is 633. The summed E-state index contributed by atoms with van der Waals surface area (Å²) in [6.07, 6.45) is -0.136. The van der Waals surface area contributed by atoms with Crippen LogP contribution < -0.4 is 5.32 Å². The molecule has 2 rings (SSSR count). The highest BCUT2D eigenvalue weighted by atomic mass is 16.4. The maximum atomic E-state index is 11.9. The number of amides is 1. The first-order valence-corrected chi connectivity index (χ1v) is 5.85. The zero-order valence-electron chi connectivity index (χ0n) is 10.6. The number of rotatable bonds is 4. The van der Waals surface area contributed by atoms with E-state index in [1.165, 1.54) is 0 Å². The Morgan fingerprint density at radius 1 is 1.47 bits per heavy atom. The lowest BCUT2D eigenvalue weighted by Crippen LogP contribution is -2.33. The first-order chi connectivity index (χ1) is 8.95. The summed E-state index contributed by atoms with van der Waals surface area (Å²) in [7, 11) is 0. The highest BCUT2D eigenvalue weighted by Crippen LogP contribution is 2.17. The number of furan rings is 1. The van der Waals surface area contributed by atoms with Gasteiger partial charge in [0.1, 0.15) is 5.52 Å². The molecule has 2 aromatic heterocycles. The topological polar surface area (TPSA) is 92.4 Å². The zero-order chi connectivity index (χ0) is 14.0. The summed E-state index contributed by atoms with van der Waals surface area (Å²) >= 11 is 0. The SMILES string of the molecule is Cc1ccc2oc(C(=O)NC(C)CC(=O)O)cc2n1. The molecule has 1 unspecified atom stereocenters. The molecular formula is C13H14N2O4. The molecule has 2 aromatic rings. The Balaban J connectivity index is 2.15. The van der Waals surface area contributed by atoms with E-state index in [-0.39, 0.29) is 12.2 Å². The van der Waals surface area contributed by atoms with Crippen molar-refractivity contribution in [1.82, 2.24) is 10.3 Å². The first-order valence-electron chi connectivity index (χ1n) is 5.85. The Labute approximate surface area is 109 Å². The molecule has 0 aliphatic rings. The number of carbonyl (C=O) groups excluding carboxylic acids is 1. The van der Waals surface area contributed by atoms with E-state index < -0.39 is 17.9 Å². The van der Waals surface area contributed by atoms with Crippen molar-refractivity contribution in [1.29, 1.82) is 0 Å². The van der Waals surface area contributed by atoms with Crippen LogP contribution in [0.3, 0.4) is 0 Å². The number of pyridine rings is 1. The third-order valence-corrected chi connectivity index (χ3v) is 2.59. The Morgan fingerprint density at radius 2 is 2.21 bits per heavy atom. The van der Waals surface area contributed by atoms with Gasteiger partial charge in [-0.05, 0) is 26.0 Å². The molecule has 0 saturated carbocycles. The van der Waals surface area contributed by atoms with E-state index in [1.807, 2.05) is 6.92 Å². The van der Waals surface area contributed by atoms with Crippen LogP contribution in [-0.2, 0) is 4.79 Å². The van der Waals surface area contributed by atoms with Crippen LogP contribution >= 0.6 is 0 Å². The van der Waals surface area contributed by atoms with Gasteiger partial charge in [0.15, 0.2) is 11.3 Å². The van der Waals surface area contributed by atoms with Crippen molar-refractivity contribution in [3.05, 3.63) is 29.7 Å². The van der Waals surface area contributed by atoms with Gasteiger partial charge in [-0.15, -0.1) is 0 Å². The maximum absolute atomic E-state index is 11.9. The van der Waals surface area contributed by atoms with Crippen molar-refractivity contribution in [3.8, 4) is 0 Å². The zero-order valence-corrected chi connectivity index (χ0v) is 10.6. The predicted molar refractivity (Wildman–Crippen MR) is 67.9 cm³/mol. The monoisotopic (exact) mass is 262 g/mol. The fourth-order valence-electron chi connectivity index (χ4n) is 1.75. The molecule has 0 aromatic carbocycles. The van der Waals surface area contributed by atoms with Crippen LogP contribution in [0.2, 0.25) is 0 Å². The Hall–Kier alpha value is -2.37. The molecule has 1 atom stereocenters. The highest BCUT2D eigenvalue weighted by molar-refractivity contribution is 5.95. The van der Waals surface area contributed by atoms with E-state index in [9.17, 15) is 9.59 Å². The number of carboxylic acids is 1. The molecule has 0 radical (unpaired) electrons. The van der Waals surface area contributed by atoms with E-state index in [0.717, 1.165) is 5.69 Å². The summed E-state index contributed by atoms with van der Waals surface area (Å²) < 4.78 is 5.37. The van der Waals surface area contributed by atoms with E-state index >= 15 is 0 Å². The standard InChI is InChI=1S/C13H14N2O4/c1-7-3-4-10-9(14-7)6-11(19-10)13(18)15-8(2)5-12(16)17/h3-4,6,8H,5H2,1-2H3,(H,15,18)(H,16,17). The molecule has 6 heteroatoms. The Kier molecular flexibility index (Phi) is 3.50. The number of carbonyl (C=O) groups is 2. The van der Waals surface area contributed by atoms with Gasteiger partial charge in [0.25, 0.3) is 5.91 Å². The Morgan fingerprint density at radius 3 is 2.89 bits per heavy atom. The lowest BCUT2D eigenvalue weighted by molar-refractivity contribution is -0.137. The number of nitrogens with zero attached hydrogens (tertiary/aromatic N) is 1. The largest absolute Gasteiger partial charge is 0.481 e. The maximum Gasteiger partial charge on any atom is 0.305 e. The average molecular weight is 262 g/mol. The summed E-state index contributed by atoms with van der Waals surface area (Å²) in [5, 5.41) is 11.2. The van der Waals surface area contributed by atoms with Gasteiger partial charge in [0.2, 0.25) is 0 Å². The van der Waals surface area contributed by atoms with Crippen LogP contribution in [0.1, 0.15) is 29.6 Å². The summed E-state index contributed by atoms with van der Waals surface area (Å²) in [4.78, 5) is 26.6. The number of aryl methyl sites for hydroxylation is 1. The van der Waals surface area contributed by atoms with Crippen LogP contribution in [0, 0.1) is 6.92 Å². The molecule has 0 aliphatic heterocycles. The minimum Gasteiger partial charge on any atom is -0.481 e. The van der Waals surface area contributed by atoms with E-state index in [4.69, 9.17) is 9.52 Å². The number of carboxylic acid groups (broad SMARTS) is 1. The van der Waals surface area contributed by atoms with E-state index in [0.29, 0.717) is 11.1 Å². The van der Waals surface area contributed by atoms with Crippen molar-refractivity contribution in [2.45, 2.75) is 26.3 Å². The second kappa shape index (κ2) is 5.09. The molecule has 0 bridgehead atoms. The van der Waals surface area contributed by atoms with Gasteiger partial charge >= 0.3 is 5.97 Å². The van der Waals surface area contributed by atoms with Crippen LogP contribution in [0.4, 0.5) is 0 Å². The molecule has 0 spiro atoms. The third kappa shape index (κ3) is 3.09. The van der Waals surface area contributed by atoms with Gasteiger partial charge in [0, 0.05) is 17.8 Å². The number of fused-ring (bicyclic) bond motifs is 1. The van der Waals surface area contributed by atoms with Gasteiger partial charge in [0.05, 0.1) is 6.42 Å². The number of hydrogen-bond acceptors (Lipinski definition) is 4. The van der Waals surface area contributed by atoms with Crippen LogP contribution in [-0.4, -0.2) is 28.0 Å². The lowest BCUT2D eigenvalue weighted by Gasteiger charge is -2.09. The normalized spacial score (nSPS) is 12.3. The number of aromatic nitrogens is 1. The van der Waals surface area contributed by atoms with Crippen molar-refractivity contribution >= 4 is 23.0 Å². The predicted octanol–water partition coefficient (Wildman–Crippen LogP) is 1.73. The molecule has 100 valence electrons. The fraction of sp³-hybridized carbons (Fsp3) is 0.308. The summed E-state index contributed by atoms with van der Waals surface area (Å²) in [5.74, 6) is -1.27. The van der Waals surface area contributed by atoms with E-state index in [1.54, 1.807) is 25.1 Å². The average Bonchev–Trinajstić information content (AvgIpc) is 2.70. The van der Waals surface area contributed by atoms with Gasteiger partial charge in [-0.2, -0.15) is 0 Å². The molecule has 2 N–H and O–H groups in total. The van der Waals surface area contributed by atoms with Crippen molar-refractivity contribution < 1.29 is 19.1 Å². The van der Waals surface area contributed by atoms with E-state index in [2.05, 4.69) is 10.3 Å². The van der Waals surface area contributed by atoms with Crippen LogP contribution in [0.5, 0.6) is 0 Å². The molecule has 6 nitrogen and oxygen atoms in total. The van der Waals surface area contributed by atoms with Crippen molar-refractivity contribution in [2.75, 3.05) is 0 Å². The molecule has 0 saturated heterocycles. The number of hydrogen-bond donors (Lipinski definition) is 2. The molecule has 0 fully saturated rings. The molecule has 1 amide bonds. The molecular weight excluding hydrogens is 248 g/mol. The summed E-state index contributed by atoms with van der Waals surface area (Å²) in [5.41, 5.74) is 1.97. The third-order valence-electron chi connectivity index (χ3n) is 2.59. The fourth-order valence-corrected chi connectivity index (χ4v) is 1.75. The smallest absolute Gasteiger partial charge is 0.305 e. The summed E-state index contributed by atoms with van der Waals surface area (Å²) in [6.45, 7) is 3.47. The summed E-state index contributed by atoms with van der Waals surface area (Å²) in [6, 6.07) is 4.62. The second-order valence-corrected chi connectivity index (χ2v) is 4.42. The minimum absolute atomic E-state index is 0.130. The number of aliphatic carboxylic acids is 1. The van der Waals surface area contributed by atoms with Crippen LogP contribution in [0.15, 0.2) is 22.6 Å². The first kappa shape index (κ1) is 13.1.